The summed E-state index contributed by atoms with van der Waals surface area (Å²) in [6.07, 6.45) is 6.03. The predicted molar refractivity (Wildman–Crippen MR) is 113 cm³/mol. The molecule has 1 N–H and O–H groups in total. The van der Waals surface area contributed by atoms with Crippen LogP contribution in [0.3, 0.4) is 0 Å². The number of nitrogens with one attached hydrogen (secondary N) is 1. The van der Waals surface area contributed by atoms with E-state index in [1.54, 1.807) is 23.7 Å². The fourth-order valence-electron chi connectivity index (χ4n) is 3.46. The van der Waals surface area contributed by atoms with Crippen LogP contribution in [0, 0.1) is 13.8 Å². The van der Waals surface area contributed by atoms with E-state index in [2.05, 4.69) is 29.1 Å². The third-order valence-corrected chi connectivity index (χ3v) is 7.29. The van der Waals surface area contributed by atoms with Gasteiger partial charge in [-0.1, -0.05) is 11.8 Å². The molecule has 2 amide bonds. The van der Waals surface area contributed by atoms with Crippen LogP contribution in [0.25, 0.3) is 10.2 Å². The summed E-state index contributed by atoms with van der Waals surface area (Å²) in [4.78, 5) is 37.5. The number of piperidine rings is 1. The lowest BCUT2D eigenvalue weighted by molar-refractivity contribution is -0.119. The van der Waals surface area contributed by atoms with Gasteiger partial charge >= 0.3 is 0 Å². The average Bonchev–Trinajstić information content (AvgIpc) is 3.35. The number of rotatable bonds is 5. The number of thiophene rings is 1. The Morgan fingerprint density at radius 2 is 2.10 bits per heavy atom. The molecule has 152 valence electrons. The summed E-state index contributed by atoms with van der Waals surface area (Å²) in [5, 5.41) is 5.00. The molecule has 0 atom stereocenters. The van der Waals surface area contributed by atoms with E-state index in [1.807, 2.05) is 4.90 Å². The first kappa shape index (κ1) is 19.9. The second kappa shape index (κ2) is 8.54. The third-order valence-electron chi connectivity index (χ3n) is 5.19. The minimum absolute atomic E-state index is 0.00835. The summed E-state index contributed by atoms with van der Waals surface area (Å²) >= 11 is 3.10. The highest BCUT2D eigenvalue weighted by Gasteiger charge is 2.25. The number of hydrogen-bond acceptors (Lipinski definition) is 7. The number of furan rings is 1. The number of likely N-dealkylation sites (tertiary alicyclic amines) is 1. The maximum Gasteiger partial charge on any atom is 0.257 e. The largest absolute Gasteiger partial charge is 0.472 e. The molecule has 1 aliphatic rings. The lowest BCUT2D eigenvalue weighted by atomic mass is 10.0. The number of amides is 2. The maximum atomic E-state index is 12.4. The van der Waals surface area contributed by atoms with Gasteiger partial charge in [-0.05, 0) is 38.3 Å². The lowest BCUT2D eigenvalue weighted by Crippen LogP contribution is -2.46. The van der Waals surface area contributed by atoms with Crippen molar-refractivity contribution in [3.05, 3.63) is 40.9 Å². The highest BCUT2D eigenvalue weighted by atomic mass is 32.2. The number of nitrogens with zero attached hydrogens (tertiary/aromatic N) is 3. The Balaban J connectivity index is 1.28. The van der Waals surface area contributed by atoms with Crippen LogP contribution in [-0.4, -0.2) is 51.6 Å². The average molecular weight is 431 g/mol. The van der Waals surface area contributed by atoms with Crippen molar-refractivity contribution in [3.63, 3.8) is 0 Å². The zero-order chi connectivity index (χ0) is 20.4. The number of carbonyl (C=O) groups is 2. The van der Waals surface area contributed by atoms with E-state index in [9.17, 15) is 9.59 Å². The number of thioether (sulfide) groups is 1. The van der Waals surface area contributed by atoms with Crippen LogP contribution in [-0.2, 0) is 4.79 Å². The van der Waals surface area contributed by atoms with Crippen molar-refractivity contribution in [3.8, 4) is 0 Å². The van der Waals surface area contributed by atoms with Gasteiger partial charge in [0, 0.05) is 29.4 Å². The van der Waals surface area contributed by atoms with Gasteiger partial charge in [-0.15, -0.1) is 11.3 Å². The fourth-order valence-corrected chi connectivity index (χ4v) is 5.39. The summed E-state index contributed by atoms with van der Waals surface area (Å²) < 4.78 is 4.98. The fraction of sp³-hybridized carbons (Fsp3) is 0.400. The van der Waals surface area contributed by atoms with Crippen LogP contribution in [0.2, 0.25) is 0 Å². The number of hydrogen-bond donors (Lipinski definition) is 1. The van der Waals surface area contributed by atoms with Gasteiger partial charge in [0.05, 0.1) is 17.6 Å². The molecule has 7 nitrogen and oxygen atoms in total. The Hall–Kier alpha value is -2.39. The number of fused-ring (bicyclic) bond motifs is 1. The van der Waals surface area contributed by atoms with E-state index >= 15 is 0 Å². The Kier molecular flexibility index (Phi) is 5.86. The van der Waals surface area contributed by atoms with Crippen LogP contribution in [0.1, 0.15) is 33.6 Å². The van der Waals surface area contributed by atoms with Crippen molar-refractivity contribution < 1.29 is 14.0 Å². The molecule has 3 aromatic rings. The molecular formula is C20H22N4O3S2. The summed E-state index contributed by atoms with van der Waals surface area (Å²) in [6.45, 7) is 5.40. The predicted octanol–water partition coefficient (Wildman–Crippen LogP) is 3.41. The van der Waals surface area contributed by atoms with Gasteiger partial charge in [-0.2, -0.15) is 0 Å². The summed E-state index contributed by atoms with van der Waals surface area (Å²) in [5.41, 5.74) is 1.75. The van der Waals surface area contributed by atoms with Crippen molar-refractivity contribution >= 4 is 45.1 Å². The molecule has 9 heteroatoms. The molecule has 0 bridgehead atoms. The molecule has 0 saturated carbocycles. The van der Waals surface area contributed by atoms with Crippen LogP contribution < -0.4 is 5.32 Å². The molecule has 4 rings (SSSR count). The van der Waals surface area contributed by atoms with Crippen molar-refractivity contribution in [1.29, 1.82) is 0 Å². The minimum atomic E-state index is -0.0201. The lowest BCUT2D eigenvalue weighted by Gasteiger charge is -2.32. The number of aromatic nitrogens is 2. The molecule has 0 unspecified atom stereocenters. The molecule has 0 radical (unpaired) electrons. The molecule has 0 aliphatic carbocycles. The first-order valence-corrected chi connectivity index (χ1v) is 11.3. The minimum Gasteiger partial charge on any atom is -0.472 e. The summed E-state index contributed by atoms with van der Waals surface area (Å²) in [6, 6.07) is 1.76. The first-order valence-electron chi connectivity index (χ1n) is 9.47. The van der Waals surface area contributed by atoms with E-state index in [1.165, 1.54) is 34.7 Å². The third kappa shape index (κ3) is 4.30. The van der Waals surface area contributed by atoms with E-state index in [0.717, 1.165) is 28.1 Å². The van der Waals surface area contributed by atoms with Gasteiger partial charge in [0.15, 0.2) is 0 Å². The van der Waals surface area contributed by atoms with Gasteiger partial charge in [0.1, 0.15) is 22.4 Å². The van der Waals surface area contributed by atoms with Crippen molar-refractivity contribution in [2.45, 2.75) is 37.8 Å². The normalized spacial score (nSPS) is 15.0. The zero-order valence-electron chi connectivity index (χ0n) is 16.3. The molecule has 1 saturated heterocycles. The molecule has 0 aromatic carbocycles. The highest BCUT2D eigenvalue weighted by Crippen LogP contribution is 2.34. The zero-order valence-corrected chi connectivity index (χ0v) is 17.9. The monoisotopic (exact) mass is 430 g/mol. The smallest absolute Gasteiger partial charge is 0.257 e. The Morgan fingerprint density at radius 3 is 2.83 bits per heavy atom. The van der Waals surface area contributed by atoms with Gasteiger partial charge < -0.3 is 14.6 Å². The Morgan fingerprint density at radius 1 is 1.31 bits per heavy atom. The van der Waals surface area contributed by atoms with Crippen LogP contribution >= 0.6 is 23.1 Å². The summed E-state index contributed by atoms with van der Waals surface area (Å²) in [7, 11) is 0. The second-order valence-corrected chi connectivity index (χ2v) is 9.24. The summed E-state index contributed by atoms with van der Waals surface area (Å²) in [5.74, 6) is 0.286. The SMILES string of the molecule is Cc1sc2ncnc(SCC(=O)NC3CCN(C(=O)c4ccoc4)CC3)c2c1C. The van der Waals surface area contributed by atoms with Gasteiger partial charge in [-0.25, -0.2) is 9.97 Å². The number of aryl methyl sites for hydroxylation is 2. The van der Waals surface area contributed by atoms with Crippen LogP contribution in [0.5, 0.6) is 0 Å². The molecule has 1 fully saturated rings. The van der Waals surface area contributed by atoms with E-state index in [4.69, 9.17) is 4.42 Å². The van der Waals surface area contributed by atoms with Gasteiger partial charge in [-0.3, -0.25) is 9.59 Å². The molecule has 4 heterocycles. The standard InChI is InChI=1S/C20H22N4O3S2/c1-12-13(2)29-19-17(12)18(21-11-22-19)28-10-16(25)23-15-3-6-24(7-4-15)20(26)14-5-8-27-9-14/h5,8-9,11,15H,3-4,6-7,10H2,1-2H3,(H,23,25). The molecule has 3 aromatic heterocycles. The van der Waals surface area contributed by atoms with Crippen molar-refractivity contribution in [1.82, 2.24) is 20.2 Å². The van der Waals surface area contributed by atoms with E-state index in [-0.39, 0.29) is 17.9 Å². The maximum absolute atomic E-state index is 12.4. The van der Waals surface area contributed by atoms with Crippen LogP contribution in [0.15, 0.2) is 34.4 Å². The highest BCUT2D eigenvalue weighted by molar-refractivity contribution is 8.00. The Labute approximate surface area is 176 Å². The molecule has 0 spiro atoms. The quantitative estimate of drug-likeness (QED) is 0.493. The van der Waals surface area contributed by atoms with E-state index < -0.39 is 0 Å². The molecule has 1 aliphatic heterocycles. The van der Waals surface area contributed by atoms with Crippen molar-refractivity contribution in [2.75, 3.05) is 18.8 Å². The van der Waals surface area contributed by atoms with Gasteiger partial charge in [0.2, 0.25) is 5.91 Å². The van der Waals surface area contributed by atoms with Gasteiger partial charge in [0.25, 0.3) is 5.91 Å². The first-order chi connectivity index (χ1) is 14.0. The topological polar surface area (TPSA) is 88.3 Å². The second-order valence-electron chi connectivity index (χ2n) is 7.08. The number of carbonyl (C=O) groups excluding carboxylic acids is 2. The van der Waals surface area contributed by atoms with E-state index in [0.29, 0.717) is 24.4 Å². The molecule has 29 heavy (non-hydrogen) atoms. The molecular weight excluding hydrogens is 408 g/mol. The van der Waals surface area contributed by atoms with Crippen LogP contribution in [0.4, 0.5) is 0 Å². The Bertz CT molecular complexity index is 1020. The van der Waals surface area contributed by atoms with Crippen molar-refractivity contribution in [2.24, 2.45) is 0 Å².